The standard InChI is InChI=1S/C20H12N4O2S2/c21-10-13-5-6-17(28-13)18-19-23-14(9-12-3-1-7-26-12)20(25)24(19)11-15(22-18)16-4-2-8-27-16/h1-8,11,25H,9H2. The molecule has 136 valence electrons. The molecule has 8 heteroatoms. The molecule has 0 aliphatic rings. The highest BCUT2D eigenvalue weighted by Gasteiger charge is 2.20. The number of imidazole rings is 1. The molecule has 0 amide bonds. The van der Waals surface area contributed by atoms with Crippen LogP contribution >= 0.6 is 22.7 Å². The SMILES string of the molecule is N#Cc1ccc(-c2nc(-c3cccs3)cn3c(O)c(Cc4ccco4)nc23)s1. The first-order valence-corrected chi connectivity index (χ1v) is 10.1. The lowest BCUT2D eigenvalue weighted by atomic mass is 10.2. The molecule has 0 spiro atoms. The van der Waals surface area contributed by atoms with Crippen LogP contribution in [0.2, 0.25) is 0 Å². The van der Waals surface area contributed by atoms with Crippen LogP contribution in [0.5, 0.6) is 5.88 Å². The maximum Gasteiger partial charge on any atom is 0.219 e. The third-order valence-corrected chi connectivity index (χ3v) is 6.18. The molecule has 1 N–H and O–H groups in total. The van der Waals surface area contributed by atoms with Gasteiger partial charge in [0.1, 0.15) is 28.1 Å². The minimum atomic E-state index is 0.0601. The molecular weight excluding hydrogens is 392 g/mol. The molecule has 0 aromatic carbocycles. The molecule has 0 atom stereocenters. The summed E-state index contributed by atoms with van der Waals surface area (Å²) in [5, 5.41) is 22.0. The van der Waals surface area contributed by atoms with Crippen LogP contribution in [0.4, 0.5) is 0 Å². The largest absolute Gasteiger partial charge is 0.493 e. The fourth-order valence-electron chi connectivity index (χ4n) is 3.01. The summed E-state index contributed by atoms with van der Waals surface area (Å²) in [5.41, 5.74) is 2.43. The molecule has 28 heavy (non-hydrogen) atoms. The van der Waals surface area contributed by atoms with Crippen molar-refractivity contribution in [2.45, 2.75) is 6.42 Å². The zero-order valence-electron chi connectivity index (χ0n) is 14.4. The van der Waals surface area contributed by atoms with Gasteiger partial charge in [0, 0.05) is 6.20 Å². The summed E-state index contributed by atoms with van der Waals surface area (Å²) in [5.74, 6) is 0.777. The van der Waals surface area contributed by atoms with E-state index in [-0.39, 0.29) is 5.88 Å². The van der Waals surface area contributed by atoms with Gasteiger partial charge < -0.3 is 9.52 Å². The van der Waals surface area contributed by atoms with Gasteiger partial charge in [0.25, 0.3) is 0 Å². The molecule has 0 saturated carbocycles. The maximum atomic E-state index is 10.8. The van der Waals surface area contributed by atoms with Gasteiger partial charge in [0.05, 0.1) is 28.1 Å². The van der Waals surface area contributed by atoms with Gasteiger partial charge in [0.15, 0.2) is 5.65 Å². The first-order valence-electron chi connectivity index (χ1n) is 8.40. The summed E-state index contributed by atoms with van der Waals surface area (Å²) in [6.45, 7) is 0. The van der Waals surface area contributed by atoms with Gasteiger partial charge in [0.2, 0.25) is 5.88 Å². The van der Waals surface area contributed by atoms with Gasteiger partial charge >= 0.3 is 0 Å². The molecule has 5 aromatic rings. The van der Waals surface area contributed by atoms with Crippen molar-refractivity contribution in [1.82, 2.24) is 14.4 Å². The summed E-state index contributed by atoms with van der Waals surface area (Å²) in [4.78, 5) is 11.9. The molecular formula is C20H12N4O2S2. The van der Waals surface area contributed by atoms with Crippen LogP contribution in [0.1, 0.15) is 16.3 Å². The molecule has 5 aromatic heterocycles. The minimum Gasteiger partial charge on any atom is -0.493 e. The summed E-state index contributed by atoms with van der Waals surface area (Å²) in [6.07, 6.45) is 3.76. The maximum absolute atomic E-state index is 10.8. The van der Waals surface area contributed by atoms with E-state index in [4.69, 9.17) is 9.40 Å². The monoisotopic (exact) mass is 404 g/mol. The Balaban J connectivity index is 1.74. The highest BCUT2D eigenvalue weighted by atomic mass is 32.1. The van der Waals surface area contributed by atoms with Crippen molar-refractivity contribution in [3.05, 3.63) is 70.6 Å². The van der Waals surface area contributed by atoms with E-state index in [1.807, 2.05) is 29.6 Å². The molecule has 0 aliphatic heterocycles. The van der Waals surface area contributed by atoms with Crippen molar-refractivity contribution in [2.75, 3.05) is 0 Å². The third kappa shape index (κ3) is 2.78. The Morgan fingerprint density at radius 1 is 1.14 bits per heavy atom. The number of rotatable bonds is 4. The van der Waals surface area contributed by atoms with Crippen molar-refractivity contribution in [2.24, 2.45) is 0 Å². The first-order chi connectivity index (χ1) is 13.7. The van der Waals surface area contributed by atoms with Crippen LogP contribution in [0, 0.1) is 11.3 Å². The second-order valence-electron chi connectivity index (χ2n) is 6.06. The molecule has 5 rings (SSSR count). The smallest absolute Gasteiger partial charge is 0.219 e. The Labute approximate surface area is 167 Å². The topological polar surface area (TPSA) is 87.4 Å². The lowest BCUT2D eigenvalue weighted by Crippen LogP contribution is -1.94. The van der Waals surface area contributed by atoms with Crippen LogP contribution in [-0.2, 0) is 6.42 Å². The Bertz CT molecular complexity index is 1310. The first kappa shape index (κ1) is 16.7. The average molecular weight is 404 g/mol. The predicted octanol–water partition coefficient (Wildman–Crippen LogP) is 4.95. The number of nitriles is 1. The van der Waals surface area contributed by atoms with E-state index in [0.717, 1.165) is 21.2 Å². The summed E-state index contributed by atoms with van der Waals surface area (Å²) >= 11 is 2.93. The molecule has 0 fully saturated rings. The quantitative estimate of drug-likeness (QED) is 0.458. The van der Waals surface area contributed by atoms with Gasteiger partial charge in [-0.15, -0.1) is 22.7 Å². The van der Waals surface area contributed by atoms with Gasteiger partial charge in [-0.2, -0.15) is 5.26 Å². The fraction of sp³-hybridized carbons (Fsp3) is 0.0500. The van der Waals surface area contributed by atoms with E-state index < -0.39 is 0 Å². The zero-order chi connectivity index (χ0) is 19.1. The Kier molecular flexibility index (Phi) is 3.97. The van der Waals surface area contributed by atoms with Crippen molar-refractivity contribution in [3.63, 3.8) is 0 Å². The van der Waals surface area contributed by atoms with Crippen LogP contribution in [0.25, 0.3) is 26.8 Å². The number of nitrogens with zero attached hydrogens (tertiary/aromatic N) is 4. The second-order valence-corrected chi connectivity index (χ2v) is 8.09. The number of hydrogen-bond donors (Lipinski definition) is 1. The van der Waals surface area contributed by atoms with E-state index in [1.165, 1.54) is 11.3 Å². The van der Waals surface area contributed by atoms with Crippen LogP contribution in [0.15, 0.2) is 58.7 Å². The van der Waals surface area contributed by atoms with Gasteiger partial charge in [-0.25, -0.2) is 9.97 Å². The summed E-state index contributed by atoms with van der Waals surface area (Å²) in [6, 6.07) is 13.4. The van der Waals surface area contributed by atoms with Gasteiger partial charge in [-0.1, -0.05) is 6.07 Å². The van der Waals surface area contributed by atoms with E-state index in [2.05, 4.69) is 11.1 Å². The Hall–Kier alpha value is -3.41. The van der Waals surface area contributed by atoms with Crippen LogP contribution < -0.4 is 0 Å². The molecule has 0 saturated heterocycles. The molecule has 0 bridgehead atoms. The van der Waals surface area contributed by atoms with E-state index in [9.17, 15) is 10.4 Å². The van der Waals surface area contributed by atoms with E-state index >= 15 is 0 Å². The number of fused-ring (bicyclic) bond motifs is 1. The highest BCUT2D eigenvalue weighted by Crippen LogP contribution is 2.35. The molecule has 0 aliphatic carbocycles. The number of aromatic nitrogens is 3. The number of aromatic hydroxyl groups is 1. The average Bonchev–Trinajstić information content (AvgIpc) is 3.51. The minimum absolute atomic E-state index is 0.0601. The van der Waals surface area contributed by atoms with Crippen molar-refractivity contribution in [1.29, 1.82) is 5.26 Å². The Morgan fingerprint density at radius 3 is 2.79 bits per heavy atom. The van der Waals surface area contributed by atoms with Crippen molar-refractivity contribution in [3.8, 4) is 33.1 Å². The highest BCUT2D eigenvalue weighted by molar-refractivity contribution is 7.16. The van der Waals surface area contributed by atoms with Gasteiger partial charge in [-0.3, -0.25) is 4.40 Å². The second kappa shape index (κ2) is 6.64. The lowest BCUT2D eigenvalue weighted by molar-refractivity contribution is 0.438. The van der Waals surface area contributed by atoms with Crippen LogP contribution in [-0.4, -0.2) is 19.5 Å². The predicted molar refractivity (Wildman–Crippen MR) is 108 cm³/mol. The Morgan fingerprint density at radius 2 is 2.07 bits per heavy atom. The van der Waals surface area contributed by atoms with Crippen molar-refractivity contribution < 1.29 is 9.52 Å². The summed E-state index contributed by atoms with van der Waals surface area (Å²) in [7, 11) is 0. The number of thiophene rings is 2. The van der Waals surface area contributed by atoms with E-state index in [1.54, 1.807) is 40.3 Å². The zero-order valence-corrected chi connectivity index (χ0v) is 16.0. The molecule has 5 heterocycles. The van der Waals surface area contributed by atoms with Gasteiger partial charge in [-0.05, 0) is 35.7 Å². The third-order valence-electron chi connectivity index (χ3n) is 4.30. The number of hydrogen-bond acceptors (Lipinski definition) is 7. The fourth-order valence-corrected chi connectivity index (χ4v) is 4.48. The summed E-state index contributed by atoms with van der Waals surface area (Å²) < 4.78 is 7.05. The van der Waals surface area contributed by atoms with E-state index in [0.29, 0.717) is 28.3 Å². The molecule has 6 nitrogen and oxygen atoms in total. The molecule has 0 unspecified atom stereocenters. The van der Waals surface area contributed by atoms with Crippen molar-refractivity contribution >= 4 is 28.3 Å². The van der Waals surface area contributed by atoms with Crippen LogP contribution in [0.3, 0.4) is 0 Å². The molecule has 0 radical (unpaired) electrons. The number of furan rings is 1. The lowest BCUT2D eigenvalue weighted by Gasteiger charge is -2.05. The normalized spacial score (nSPS) is 11.1.